The molecule has 4 heteroatoms. The fourth-order valence-electron chi connectivity index (χ4n) is 2.30. The highest BCUT2D eigenvalue weighted by Crippen LogP contribution is 2.28. The normalized spacial score (nSPS) is 10.2. The first kappa shape index (κ1) is 14.2. The average molecular weight is 306 g/mol. The van der Waals surface area contributed by atoms with Crippen LogP contribution in [0.25, 0.3) is 22.4 Å². The Morgan fingerprint density at radius 3 is 2.27 bits per heavy atom. The maximum Gasteiger partial charge on any atom is 0.123 e. The first-order chi connectivity index (χ1) is 10.7. The van der Waals surface area contributed by atoms with Crippen molar-refractivity contribution in [1.82, 2.24) is 4.98 Å². The first-order valence-corrected chi connectivity index (χ1v) is 7.08. The number of hydrogen-bond donors (Lipinski definition) is 1. The van der Waals surface area contributed by atoms with Crippen molar-refractivity contribution >= 4 is 12.2 Å². The zero-order chi connectivity index (χ0) is 15.5. The molecule has 2 aromatic carbocycles. The van der Waals surface area contributed by atoms with E-state index in [0.29, 0.717) is 10.2 Å². The molecule has 1 aromatic heterocycles. The minimum atomic E-state index is -0.292. The molecule has 22 heavy (non-hydrogen) atoms. The van der Waals surface area contributed by atoms with Crippen molar-refractivity contribution in [1.29, 1.82) is 5.26 Å². The van der Waals surface area contributed by atoms with E-state index in [0.717, 1.165) is 22.4 Å². The summed E-state index contributed by atoms with van der Waals surface area (Å²) >= 11 is 5.30. The molecule has 0 spiro atoms. The second-order valence-corrected chi connectivity index (χ2v) is 5.19. The second kappa shape index (κ2) is 5.92. The lowest BCUT2D eigenvalue weighted by Gasteiger charge is -2.09. The molecule has 0 aliphatic heterocycles. The fourth-order valence-corrected chi connectivity index (χ4v) is 2.57. The number of pyridine rings is 1. The zero-order valence-electron chi connectivity index (χ0n) is 11.5. The largest absolute Gasteiger partial charge is 0.345 e. The van der Waals surface area contributed by atoms with E-state index in [1.165, 1.54) is 12.1 Å². The van der Waals surface area contributed by atoms with Crippen LogP contribution in [0.15, 0.2) is 60.7 Å². The minimum absolute atomic E-state index is 0.292. The number of nitrogens with zero attached hydrogens (tertiary/aromatic N) is 1. The molecule has 3 rings (SSSR count). The summed E-state index contributed by atoms with van der Waals surface area (Å²) in [7, 11) is 0. The molecular formula is C18H11FN2S. The van der Waals surface area contributed by atoms with Crippen LogP contribution < -0.4 is 0 Å². The van der Waals surface area contributed by atoms with Crippen LogP contribution in [0.1, 0.15) is 5.56 Å². The molecule has 0 unspecified atom stereocenters. The van der Waals surface area contributed by atoms with E-state index in [4.69, 9.17) is 12.2 Å². The van der Waals surface area contributed by atoms with Gasteiger partial charge in [0.25, 0.3) is 0 Å². The van der Waals surface area contributed by atoms with Gasteiger partial charge in [0.1, 0.15) is 16.5 Å². The molecule has 0 bridgehead atoms. The van der Waals surface area contributed by atoms with Gasteiger partial charge < -0.3 is 4.98 Å². The maximum atomic E-state index is 13.1. The number of aromatic amines is 1. The number of H-pyrrole nitrogens is 1. The Morgan fingerprint density at radius 1 is 0.955 bits per heavy atom. The van der Waals surface area contributed by atoms with Crippen LogP contribution in [0.5, 0.6) is 0 Å². The van der Waals surface area contributed by atoms with Gasteiger partial charge in [-0.25, -0.2) is 4.39 Å². The molecular weight excluding hydrogens is 295 g/mol. The van der Waals surface area contributed by atoms with E-state index in [-0.39, 0.29) is 5.82 Å². The van der Waals surface area contributed by atoms with Gasteiger partial charge in [-0.1, -0.05) is 42.5 Å². The number of hydrogen-bond acceptors (Lipinski definition) is 2. The standard InChI is InChI=1S/C18H11FN2S/c19-14-8-6-13(7-9-14)17-10-15(12-4-2-1-3-5-12)16(11-20)18(22)21-17/h1-10H,(H,21,22). The van der Waals surface area contributed by atoms with E-state index in [1.807, 2.05) is 36.4 Å². The molecule has 3 aromatic rings. The predicted octanol–water partition coefficient (Wildman–Crippen LogP) is 5.09. The SMILES string of the molecule is N#Cc1c(-c2ccccc2)cc(-c2ccc(F)cc2)[nH]c1=S. The van der Waals surface area contributed by atoms with Crippen molar-refractivity contribution in [2.24, 2.45) is 0 Å². The maximum absolute atomic E-state index is 13.1. The van der Waals surface area contributed by atoms with Crippen LogP contribution in [0.4, 0.5) is 4.39 Å². The number of nitrogens with one attached hydrogen (secondary N) is 1. The second-order valence-electron chi connectivity index (χ2n) is 4.79. The van der Waals surface area contributed by atoms with Crippen molar-refractivity contribution in [2.45, 2.75) is 0 Å². The van der Waals surface area contributed by atoms with Gasteiger partial charge in [0.15, 0.2) is 0 Å². The summed E-state index contributed by atoms with van der Waals surface area (Å²) in [5, 5.41) is 9.37. The minimum Gasteiger partial charge on any atom is -0.345 e. The Morgan fingerprint density at radius 2 is 1.64 bits per heavy atom. The topological polar surface area (TPSA) is 39.6 Å². The van der Waals surface area contributed by atoms with Gasteiger partial charge in [-0.3, -0.25) is 0 Å². The molecule has 0 saturated carbocycles. The van der Waals surface area contributed by atoms with Crippen LogP contribution >= 0.6 is 12.2 Å². The summed E-state index contributed by atoms with van der Waals surface area (Å²) in [5.74, 6) is -0.292. The Labute approximate surface area is 132 Å². The van der Waals surface area contributed by atoms with Crippen molar-refractivity contribution < 1.29 is 4.39 Å². The number of aromatic nitrogens is 1. The summed E-state index contributed by atoms with van der Waals surface area (Å²) in [6, 6.07) is 19.8. The van der Waals surface area contributed by atoms with E-state index >= 15 is 0 Å². The molecule has 0 saturated heterocycles. The van der Waals surface area contributed by atoms with Crippen LogP contribution in [0, 0.1) is 21.8 Å². The monoisotopic (exact) mass is 306 g/mol. The Bertz CT molecular complexity index is 907. The molecule has 0 aliphatic rings. The first-order valence-electron chi connectivity index (χ1n) is 6.68. The Balaban J connectivity index is 2.24. The fraction of sp³-hybridized carbons (Fsp3) is 0. The van der Waals surface area contributed by atoms with E-state index < -0.39 is 0 Å². The molecule has 1 heterocycles. The Hall–Kier alpha value is -2.77. The molecule has 0 fully saturated rings. The summed E-state index contributed by atoms with van der Waals surface area (Å²) in [5.41, 5.74) is 3.69. The van der Waals surface area contributed by atoms with Crippen molar-refractivity contribution in [3.8, 4) is 28.5 Å². The number of rotatable bonds is 2. The highest BCUT2D eigenvalue weighted by atomic mass is 32.1. The predicted molar refractivity (Wildman–Crippen MR) is 87.2 cm³/mol. The highest BCUT2D eigenvalue weighted by molar-refractivity contribution is 7.71. The number of benzene rings is 2. The van der Waals surface area contributed by atoms with Gasteiger partial charge in [-0.2, -0.15) is 5.26 Å². The van der Waals surface area contributed by atoms with Crippen molar-refractivity contribution in [2.75, 3.05) is 0 Å². The number of halogens is 1. The zero-order valence-corrected chi connectivity index (χ0v) is 12.3. The van der Waals surface area contributed by atoms with Gasteiger partial charge in [0.05, 0.1) is 5.56 Å². The Kier molecular flexibility index (Phi) is 3.82. The lowest BCUT2D eigenvalue weighted by atomic mass is 9.99. The molecule has 1 N–H and O–H groups in total. The summed E-state index contributed by atoms with van der Waals surface area (Å²) in [6.45, 7) is 0. The van der Waals surface area contributed by atoms with Gasteiger partial charge in [0, 0.05) is 11.3 Å². The quantitative estimate of drug-likeness (QED) is 0.670. The van der Waals surface area contributed by atoms with Crippen LogP contribution in [-0.4, -0.2) is 4.98 Å². The van der Waals surface area contributed by atoms with Crippen LogP contribution in [0.3, 0.4) is 0 Å². The third-order valence-corrected chi connectivity index (χ3v) is 3.69. The van der Waals surface area contributed by atoms with Gasteiger partial charge in [-0.15, -0.1) is 0 Å². The van der Waals surface area contributed by atoms with Crippen molar-refractivity contribution in [3.05, 3.63) is 76.7 Å². The van der Waals surface area contributed by atoms with E-state index in [2.05, 4.69) is 11.1 Å². The van der Waals surface area contributed by atoms with Gasteiger partial charge in [0.2, 0.25) is 0 Å². The molecule has 0 amide bonds. The summed E-state index contributed by atoms with van der Waals surface area (Å²) < 4.78 is 13.4. The summed E-state index contributed by atoms with van der Waals surface area (Å²) in [6.07, 6.45) is 0. The third-order valence-electron chi connectivity index (χ3n) is 3.39. The van der Waals surface area contributed by atoms with E-state index in [9.17, 15) is 9.65 Å². The number of nitriles is 1. The van der Waals surface area contributed by atoms with E-state index in [1.54, 1.807) is 12.1 Å². The van der Waals surface area contributed by atoms with Crippen LogP contribution in [0.2, 0.25) is 0 Å². The van der Waals surface area contributed by atoms with Crippen molar-refractivity contribution in [3.63, 3.8) is 0 Å². The molecule has 0 aliphatic carbocycles. The average Bonchev–Trinajstić information content (AvgIpc) is 2.55. The summed E-state index contributed by atoms with van der Waals surface area (Å²) in [4.78, 5) is 3.04. The molecule has 106 valence electrons. The van der Waals surface area contributed by atoms with Crippen LogP contribution in [-0.2, 0) is 0 Å². The highest BCUT2D eigenvalue weighted by Gasteiger charge is 2.10. The third kappa shape index (κ3) is 2.67. The lowest BCUT2D eigenvalue weighted by molar-refractivity contribution is 0.628. The lowest BCUT2D eigenvalue weighted by Crippen LogP contribution is -1.93. The van der Waals surface area contributed by atoms with Gasteiger partial charge in [-0.05, 0) is 41.5 Å². The van der Waals surface area contributed by atoms with Gasteiger partial charge >= 0.3 is 0 Å². The smallest absolute Gasteiger partial charge is 0.123 e. The molecule has 0 atom stereocenters. The molecule has 2 nitrogen and oxygen atoms in total. The molecule has 0 radical (unpaired) electrons.